The molecule has 0 unspecified atom stereocenters. The van der Waals surface area contributed by atoms with Crippen LogP contribution in [0.5, 0.6) is 0 Å². The molecular weight excluding hydrogens is 346 g/mol. The van der Waals surface area contributed by atoms with Crippen LogP contribution in [0.1, 0.15) is 38.7 Å². The van der Waals surface area contributed by atoms with Crippen LogP contribution in [0.25, 0.3) is 0 Å². The van der Waals surface area contributed by atoms with Crippen LogP contribution in [0.4, 0.5) is 0 Å². The molecule has 6 heteroatoms. The Morgan fingerprint density at radius 3 is 2.35 bits per heavy atom. The van der Waals surface area contributed by atoms with Crippen LogP contribution in [0.3, 0.4) is 0 Å². The van der Waals surface area contributed by atoms with E-state index in [-0.39, 0.29) is 6.04 Å². The summed E-state index contributed by atoms with van der Waals surface area (Å²) in [6, 6.07) is 7.07. The number of hydrogen-bond donors (Lipinski definition) is 1. The first-order valence-electron chi connectivity index (χ1n) is 8.19. The summed E-state index contributed by atoms with van der Waals surface area (Å²) in [5.74, 6) is 2.85. The summed E-state index contributed by atoms with van der Waals surface area (Å²) in [5.41, 5.74) is 1.07. The summed E-state index contributed by atoms with van der Waals surface area (Å²) < 4.78 is 28.8. The van der Waals surface area contributed by atoms with Gasteiger partial charge in [0.05, 0.1) is 9.48 Å². The SMILES string of the molecule is Cc1ccc(S(=O)(=O)N[C@@H](CC(C)C)CC2SCCCS2)cc1. The molecule has 1 aromatic rings. The topological polar surface area (TPSA) is 46.2 Å². The van der Waals surface area contributed by atoms with Gasteiger partial charge in [0.25, 0.3) is 0 Å². The molecule has 0 radical (unpaired) electrons. The molecule has 1 N–H and O–H groups in total. The molecule has 1 heterocycles. The highest BCUT2D eigenvalue weighted by atomic mass is 32.2. The van der Waals surface area contributed by atoms with E-state index in [9.17, 15) is 8.42 Å². The predicted molar refractivity (Wildman–Crippen MR) is 103 cm³/mol. The molecule has 0 spiro atoms. The number of sulfonamides is 1. The van der Waals surface area contributed by atoms with Gasteiger partial charge < -0.3 is 0 Å². The van der Waals surface area contributed by atoms with Crippen molar-refractivity contribution in [3.8, 4) is 0 Å². The molecule has 0 aliphatic carbocycles. The monoisotopic (exact) mass is 373 g/mol. The van der Waals surface area contributed by atoms with Gasteiger partial charge in [0, 0.05) is 6.04 Å². The average molecular weight is 374 g/mol. The maximum Gasteiger partial charge on any atom is 0.240 e. The van der Waals surface area contributed by atoms with E-state index in [0.717, 1.165) is 18.4 Å². The van der Waals surface area contributed by atoms with Crippen LogP contribution in [0.2, 0.25) is 0 Å². The lowest BCUT2D eigenvalue weighted by Crippen LogP contribution is -2.37. The second-order valence-corrected chi connectivity index (χ2v) is 11.2. The van der Waals surface area contributed by atoms with E-state index in [1.807, 2.05) is 42.6 Å². The van der Waals surface area contributed by atoms with Crippen molar-refractivity contribution in [2.45, 2.75) is 55.6 Å². The fourth-order valence-corrected chi connectivity index (χ4v) is 6.96. The Hall–Kier alpha value is -0.170. The van der Waals surface area contributed by atoms with Crippen LogP contribution >= 0.6 is 23.5 Å². The zero-order chi connectivity index (χ0) is 16.9. The standard InChI is InChI=1S/C17H27NO2S3/c1-13(2)11-15(12-17-21-9-4-10-22-17)18-23(19,20)16-7-5-14(3)6-8-16/h5-8,13,15,17-18H,4,9-12H2,1-3H3/t15-/m0/s1. The molecule has 2 rings (SSSR count). The normalized spacial score (nSPS) is 18.3. The summed E-state index contributed by atoms with van der Waals surface area (Å²) in [6.45, 7) is 6.26. The molecule has 0 saturated carbocycles. The molecule has 0 aromatic heterocycles. The average Bonchev–Trinajstić information content (AvgIpc) is 2.47. The van der Waals surface area contributed by atoms with Gasteiger partial charge in [0.15, 0.2) is 0 Å². The maximum absolute atomic E-state index is 12.7. The van der Waals surface area contributed by atoms with Crippen molar-refractivity contribution < 1.29 is 8.42 Å². The molecule has 130 valence electrons. The Bertz CT molecular complexity index is 578. The maximum atomic E-state index is 12.7. The third-order valence-electron chi connectivity index (χ3n) is 3.78. The molecule has 1 atom stereocenters. The first-order valence-corrected chi connectivity index (χ1v) is 11.8. The van der Waals surface area contributed by atoms with E-state index in [4.69, 9.17) is 0 Å². The highest BCUT2D eigenvalue weighted by molar-refractivity contribution is 8.17. The molecule has 1 fully saturated rings. The minimum Gasteiger partial charge on any atom is -0.208 e. The second-order valence-electron chi connectivity index (χ2n) is 6.52. The zero-order valence-corrected chi connectivity index (χ0v) is 16.6. The van der Waals surface area contributed by atoms with Crippen LogP contribution in [-0.2, 0) is 10.0 Å². The highest BCUT2D eigenvalue weighted by Crippen LogP contribution is 2.34. The van der Waals surface area contributed by atoms with Gasteiger partial charge in [-0.15, -0.1) is 23.5 Å². The van der Waals surface area contributed by atoms with Crippen molar-refractivity contribution in [1.82, 2.24) is 4.72 Å². The van der Waals surface area contributed by atoms with E-state index in [2.05, 4.69) is 18.6 Å². The largest absolute Gasteiger partial charge is 0.240 e. The number of nitrogens with one attached hydrogen (secondary N) is 1. The first kappa shape index (κ1) is 19.2. The van der Waals surface area contributed by atoms with Gasteiger partial charge in [-0.2, -0.15) is 0 Å². The first-order chi connectivity index (χ1) is 10.9. The van der Waals surface area contributed by atoms with E-state index in [1.54, 1.807) is 12.1 Å². The molecule has 0 amide bonds. The Morgan fingerprint density at radius 2 is 1.78 bits per heavy atom. The molecule has 23 heavy (non-hydrogen) atoms. The number of thioether (sulfide) groups is 2. The molecule has 1 aromatic carbocycles. The summed E-state index contributed by atoms with van der Waals surface area (Å²) in [7, 11) is -3.44. The minimum absolute atomic E-state index is 0.00408. The molecular formula is C17H27NO2S3. The fraction of sp³-hybridized carbons (Fsp3) is 0.647. The van der Waals surface area contributed by atoms with Crippen molar-refractivity contribution >= 4 is 33.5 Å². The van der Waals surface area contributed by atoms with Gasteiger partial charge in [-0.3, -0.25) is 0 Å². The lowest BCUT2D eigenvalue weighted by atomic mass is 10.0. The fourth-order valence-electron chi connectivity index (χ4n) is 2.67. The predicted octanol–water partition coefficient (Wildman–Crippen LogP) is 4.27. The molecule has 0 bridgehead atoms. The van der Waals surface area contributed by atoms with Crippen LogP contribution < -0.4 is 4.72 Å². The Balaban J connectivity index is 2.07. The van der Waals surface area contributed by atoms with Crippen molar-refractivity contribution in [2.75, 3.05) is 11.5 Å². The summed E-state index contributed by atoms with van der Waals surface area (Å²) >= 11 is 3.94. The van der Waals surface area contributed by atoms with Crippen molar-refractivity contribution in [3.63, 3.8) is 0 Å². The summed E-state index contributed by atoms with van der Waals surface area (Å²) in [4.78, 5) is 0.362. The third kappa shape index (κ3) is 6.33. The Kier molecular flexibility index (Phi) is 7.32. The van der Waals surface area contributed by atoms with Gasteiger partial charge in [0.2, 0.25) is 10.0 Å². The lowest BCUT2D eigenvalue weighted by molar-refractivity contribution is 0.449. The summed E-state index contributed by atoms with van der Waals surface area (Å²) in [5, 5.41) is 0. The number of benzene rings is 1. The molecule has 1 aliphatic heterocycles. The molecule has 1 saturated heterocycles. The van der Waals surface area contributed by atoms with Crippen LogP contribution in [-0.4, -0.2) is 30.5 Å². The van der Waals surface area contributed by atoms with Crippen molar-refractivity contribution in [2.24, 2.45) is 5.92 Å². The van der Waals surface area contributed by atoms with Gasteiger partial charge in [-0.1, -0.05) is 31.5 Å². The highest BCUT2D eigenvalue weighted by Gasteiger charge is 2.25. The number of aryl methyl sites for hydroxylation is 1. The number of hydrogen-bond acceptors (Lipinski definition) is 4. The second kappa shape index (κ2) is 8.79. The Morgan fingerprint density at radius 1 is 1.17 bits per heavy atom. The quantitative estimate of drug-likeness (QED) is 0.775. The lowest BCUT2D eigenvalue weighted by Gasteiger charge is -2.27. The molecule has 1 aliphatic rings. The van der Waals surface area contributed by atoms with Gasteiger partial charge in [0.1, 0.15) is 0 Å². The number of rotatable bonds is 7. The van der Waals surface area contributed by atoms with E-state index >= 15 is 0 Å². The van der Waals surface area contributed by atoms with Gasteiger partial charge in [-0.05, 0) is 55.7 Å². The van der Waals surface area contributed by atoms with E-state index < -0.39 is 10.0 Å². The Labute approximate surface area is 149 Å². The minimum atomic E-state index is -3.44. The van der Waals surface area contributed by atoms with Crippen LogP contribution in [0, 0.1) is 12.8 Å². The summed E-state index contributed by atoms with van der Waals surface area (Å²) in [6.07, 6.45) is 3.04. The van der Waals surface area contributed by atoms with E-state index in [1.165, 1.54) is 17.9 Å². The van der Waals surface area contributed by atoms with Crippen molar-refractivity contribution in [1.29, 1.82) is 0 Å². The zero-order valence-electron chi connectivity index (χ0n) is 14.1. The van der Waals surface area contributed by atoms with E-state index in [0.29, 0.717) is 15.4 Å². The van der Waals surface area contributed by atoms with Gasteiger partial charge >= 0.3 is 0 Å². The smallest absolute Gasteiger partial charge is 0.208 e. The molecule has 3 nitrogen and oxygen atoms in total. The van der Waals surface area contributed by atoms with Crippen LogP contribution in [0.15, 0.2) is 29.2 Å². The third-order valence-corrected chi connectivity index (χ3v) is 8.31. The van der Waals surface area contributed by atoms with Crippen molar-refractivity contribution in [3.05, 3.63) is 29.8 Å². The van der Waals surface area contributed by atoms with Gasteiger partial charge in [-0.25, -0.2) is 13.1 Å².